The first-order valence-electron chi connectivity index (χ1n) is 9.89. The Morgan fingerprint density at radius 3 is 2.75 bits per heavy atom. The maximum atomic E-state index is 12.9. The monoisotopic (exact) mass is 378 g/mol. The number of pyridine rings is 1. The molecule has 2 rings (SSSR count). The normalized spacial score (nSPS) is 17.2. The minimum atomic E-state index is -0.319. The SMILES string of the molecule is C=C/C=C\C(=C/C)CCNC(=O)c1ccc2n(c1=O)CCC(=C/CC)/C2=C\C. The number of hydrogen-bond donors (Lipinski definition) is 1. The van der Waals surface area contributed by atoms with Crippen LogP contribution >= 0.6 is 0 Å². The fraction of sp³-hybridized carbons (Fsp3) is 0.333. The third-order valence-electron chi connectivity index (χ3n) is 4.90. The third kappa shape index (κ3) is 4.89. The number of amides is 1. The summed E-state index contributed by atoms with van der Waals surface area (Å²) in [6.45, 7) is 10.8. The molecule has 0 atom stereocenters. The number of fused-ring (bicyclic) bond motifs is 1. The van der Waals surface area contributed by atoms with Crippen molar-refractivity contribution in [2.45, 2.75) is 46.6 Å². The van der Waals surface area contributed by atoms with Gasteiger partial charge in [-0.05, 0) is 56.4 Å². The average Bonchev–Trinajstić information content (AvgIpc) is 2.70. The van der Waals surface area contributed by atoms with Gasteiger partial charge in [-0.3, -0.25) is 9.59 Å². The molecule has 0 fully saturated rings. The average molecular weight is 379 g/mol. The van der Waals surface area contributed by atoms with E-state index < -0.39 is 0 Å². The van der Waals surface area contributed by atoms with E-state index in [9.17, 15) is 9.59 Å². The Kier molecular flexibility index (Phi) is 8.00. The Balaban J connectivity index is 2.17. The van der Waals surface area contributed by atoms with Crippen molar-refractivity contribution in [2.75, 3.05) is 6.54 Å². The number of nitrogens with zero attached hydrogens (tertiary/aromatic N) is 1. The van der Waals surface area contributed by atoms with Crippen molar-refractivity contribution in [1.29, 1.82) is 0 Å². The van der Waals surface area contributed by atoms with Crippen LogP contribution in [0.4, 0.5) is 0 Å². The van der Waals surface area contributed by atoms with Crippen LogP contribution in [0.5, 0.6) is 0 Å². The summed E-state index contributed by atoms with van der Waals surface area (Å²) >= 11 is 0. The lowest BCUT2D eigenvalue weighted by atomic mass is 9.93. The van der Waals surface area contributed by atoms with E-state index in [0.29, 0.717) is 19.5 Å². The predicted molar refractivity (Wildman–Crippen MR) is 117 cm³/mol. The van der Waals surface area contributed by atoms with Gasteiger partial charge in [0.2, 0.25) is 0 Å². The highest BCUT2D eigenvalue weighted by molar-refractivity contribution is 5.94. The lowest BCUT2D eigenvalue weighted by molar-refractivity contribution is 0.0952. The number of carbonyl (C=O) groups is 1. The molecule has 1 amide bonds. The molecule has 2 heterocycles. The number of hydrogen-bond acceptors (Lipinski definition) is 2. The largest absolute Gasteiger partial charge is 0.352 e. The molecule has 0 aliphatic carbocycles. The molecule has 0 saturated heterocycles. The Hall–Kier alpha value is -2.88. The predicted octanol–water partition coefficient (Wildman–Crippen LogP) is 4.80. The molecule has 0 bridgehead atoms. The van der Waals surface area contributed by atoms with Gasteiger partial charge in [-0.2, -0.15) is 0 Å². The van der Waals surface area contributed by atoms with Crippen LogP contribution < -0.4 is 10.9 Å². The highest BCUT2D eigenvalue weighted by Gasteiger charge is 2.21. The maximum absolute atomic E-state index is 12.9. The van der Waals surface area contributed by atoms with Crippen LogP contribution in [-0.2, 0) is 6.54 Å². The molecule has 148 valence electrons. The van der Waals surface area contributed by atoms with E-state index >= 15 is 0 Å². The van der Waals surface area contributed by atoms with E-state index in [1.807, 2.05) is 44.2 Å². The molecule has 0 spiro atoms. The van der Waals surface area contributed by atoms with Gasteiger partial charge in [0.15, 0.2) is 0 Å². The van der Waals surface area contributed by atoms with E-state index in [0.717, 1.165) is 29.7 Å². The van der Waals surface area contributed by atoms with Crippen LogP contribution in [0.15, 0.2) is 71.1 Å². The Bertz CT molecular complexity index is 911. The molecule has 1 aromatic heterocycles. The molecule has 1 N–H and O–H groups in total. The fourth-order valence-corrected chi connectivity index (χ4v) is 3.46. The summed E-state index contributed by atoms with van der Waals surface area (Å²) in [5, 5.41) is 2.86. The van der Waals surface area contributed by atoms with E-state index in [4.69, 9.17) is 0 Å². The number of carbonyl (C=O) groups excluding carboxylic acids is 1. The number of rotatable bonds is 7. The molecule has 4 heteroatoms. The highest BCUT2D eigenvalue weighted by atomic mass is 16.2. The Labute approximate surface area is 167 Å². The summed E-state index contributed by atoms with van der Waals surface area (Å²) in [6, 6.07) is 3.54. The van der Waals surface area contributed by atoms with E-state index in [2.05, 4.69) is 24.9 Å². The van der Waals surface area contributed by atoms with Crippen molar-refractivity contribution in [2.24, 2.45) is 0 Å². The smallest absolute Gasteiger partial charge is 0.263 e. The molecule has 1 aliphatic heterocycles. The van der Waals surface area contributed by atoms with Crippen molar-refractivity contribution < 1.29 is 4.79 Å². The van der Waals surface area contributed by atoms with Gasteiger partial charge in [0.1, 0.15) is 5.56 Å². The molecule has 1 aliphatic rings. The molecule has 0 saturated carbocycles. The van der Waals surface area contributed by atoms with Crippen molar-refractivity contribution in [1.82, 2.24) is 9.88 Å². The molecule has 0 aromatic carbocycles. The standard InChI is InChI=1S/C24H30N2O2/c1-5-9-11-18(7-3)14-16-25-23(27)21-12-13-22-20(8-4)19(10-6-2)15-17-26(22)24(21)28/h5,7-13H,1,6,14-17H2,2-4H3,(H,25,27)/b11-9-,18-7+,19-10-,20-8+. The Morgan fingerprint density at radius 1 is 1.32 bits per heavy atom. The van der Waals surface area contributed by atoms with Crippen LogP contribution in [0.2, 0.25) is 0 Å². The van der Waals surface area contributed by atoms with Crippen LogP contribution in [0.3, 0.4) is 0 Å². The van der Waals surface area contributed by atoms with Crippen LogP contribution in [-0.4, -0.2) is 17.0 Å². The minimum Gasteiger partial charge on any atom is -0.352 e. The summed E-state index contributed by atoms with van der Waals surface area (Å²) in [5.41, 5.74) is 4.33. The van der Waals surface area contributed by atoms with Gasteiger partial charge < -0.3 is 9.88 Å². The molecular formula is C24H30N2O2. The lowest BCUT2D eigenvalue weighted by Gasteiger charge is -2.24. The van der Waals surface area contributed by atoms with Gasteiger partial charge in [-0.15, -0.1) is 0 Å². The second-order valence-corrected chi connectivity index (χ2v) is 6.64. The molecule has 1 aromatic rings. The van der Waals surface area contributed by atoms with Crippen molar-refractivity contribution in [3.05, 3.63) is 87.9 Å². The zero-order valence-electron chi connectivity index (χ0n) is 17.1. The van der Waals surface area contributed by atoms with Crippen LogP contribution in [0, 0.1) is 0 Å². The first-order chi connectivity index (χ1) is 13.6. The number of nitrogens with one attached hydrogen (secondary N) is 1. The summed E-state index contributed by atoms with van der Waals surface area (Å²) in [6.07, 6.45) is 14.3. The van der Waals surface area contributed by atoms with Gasteiger partial charge in [-0.25, -0.2) is 0 Å². The number of aromatic nitrogens is 1. The van der Waals surface area contributed by atoms with Crippen molar-refractivity contribution in [3.63, 3.8) is 0 Å². The lowest BCUT2D eigenvalue weighted by Crippen LogP contribution is -2.35. The molecule has 0 radical (unpaired) electrons. The Morgan fingerprint density at radius 2 is 2.11 bits per heavy atom. The molecule has 0 unspecified atom stereocenters. The quantitative estimate of drug-likeness (QED) is 0.693. The van der Waals surface area contributed by atoms with E-state index in [1.54, 1.807) is 16.7 Å². The van der Waals surface area contributed by atoms with Crippen molar-refractivity contribution >= 4 is 11.5 Å². The zero-order chi connectivity index (χ0) is 20.5. The van der Waals surface area contributed by atoms with Crippen LogP contribution in [0.1, 0.15) is 56.1 Å². The second-order valence-electron chi connectivity index (χ2n) is 6.64. The van der Waals surface area contributed by atoms with E-state index in [1.165, 1.54) is 5.57 Å². The summed E-state index contributed by atoms with van der Waals surface area (Å²) in [4.78, 5) is 25.4. The van der Waals surface area contributed by atoms with Crippen LogP contribution in [0.25, 0.3) is 5.57 Å². The zero-order valence-corrected chi connectivity index (χ0v) is 17.1. The van der Waals surface area contributed by atoms with Gasteiger partial charge in [0.05, 0.1) is 5.69 Å². The van der Waals surface area contributed by atoms with Gasteiger partial charge in [0, 0.05) is 13.1 Å². The first-order valence-corrected chi connectivity index (χ1v) is 9.89. The summed E-state index contributed by atoms with van der Waals surface area (Å²) in [5.74, 6) is -0.319. The van der Waals surface area contributed by atoms with Gasteiger partial charge >= 0.3 is 0 Å². The maximum Gasteiger partial charge on any atom is 0.263 e. The second kappa shape index (κ2) is 10.5. The van der Waals surface area contributed by atoms with Gasteiger partial charge in [0.25, 0.3) is 11.5 Å². The fourth-order valence-electron chi connectivity index (χ4n) is 3.46. The first kappa shape index (κ1) is 21.4. The summed E-state index contributed by atoms with van der Waals surface area (Å²) < 4.78 is 1.72. The minimum absolute atomic E-state index is 0.200. The summed E-state index contributed by atoms with van der Waals surface area (Å²) in [7, 11) is 0. The van der Waals surface area contributed by atoms with Gasteiger partial charge in [-0.1, -0.05) is 55.5 Å². The molecule has 28 heavy (non-hydrogen) atoms. The third-order valence-corrected chi connectivity index (χ3v) is 4.90. The molecule has 4 nitrogen and oxygen atoms in total. The van der Waals surface area contributed by atoms with Crippen molar-refractivity contribution in [3.8, 4) is 0 Å². The number of allylic oxidation sites excluding steroid dienone is 8. The highest BCUT2D eigenvalue weighted by Crippen LogP contribution is 2.30. The topological polar surface area (TPSA) is 51.1 Å². The van der Waals surface area contributed by atoms with E-state index in [-0.39, 0.29) is 17.0 Å². The molecular weight excluding hydrogens is 348 g/mol.